The molecule has 0 saturated heterocycles. The van der Waals surface area contributed by atoms with E-state index in [1.807, 2.05) is 40.1 Å². The average Bonchev–Trinajstić information content (AvgIpc) is 3.54. The topological polar surface area (TPSA) is 135 Å². The monoisotopic (exact) mass is 556 g/mol. The van der Waals surface area contributed by atoms with Crippen LogP contribution < -0.4 is 5.32 Å². The van der Waals surface area contributed by atoms with E-state index in [1.54, 1.807) is 17.1 Å². The SMILES string of the molecule is Cn1cc(Nc2nccc(-c3ccc4c(c3)CN(C3CC(O)C3)CC[C@H]4CC(=O)c3nnc(C(C)(C)C)o3)n2)cn1. The number of hydrogen-bond donors (Lipinski definition) is 2. The number of Topliss-reactive ketones (excluding diaryl/α,β-unsaturated/α-hetero) is 1. The second-order valence-corrected chi connectivity index (χ2v) is 12.2. The number of benzene rings is 1. The molecular weight excluding hydrogens is 520 g/mol. The lowest BCUT2D eigenvalue weighted by Crippen LogP contribution is -2.46. The van der Waals surface area contributed by atoms with Gasteiger partial charge in [0.15, 0.2) is 0 Å². The summed E-state index contributed by atoms with van der Waals surface area (Å²) in [6, 6.07) is 8.62. The maximum absolute atomic E-state index is 13.3. The van der Waals surface area contributed by atoms with Gasteiger partial charge in [-0.05, 0) is 55.0 Å². The van der Waals surface area contributed by atoms with Crippen LogP contribution in [0, 0.1) is 0 Å². The molecule has 1 fully saturated rings. The van der Waals surface area contributed by atoms with Crippen molar-refractivity contribution in [3.8, 4) is 11.3 Å². The molecule has 2 N–H and O–H groups in total. The minimum Gasteiger partial charge on any atom is -0.418 e. The van der Waals surface area contributed by atoms with Crippen molar-refractivity contribution in [2.24, 2.45) is 7.05 Å². The first kappa shape index (κ1) is 27.2. The van der Waals surface area contributed by atoms with E-state index in [0.29, 0.717) is 24.3 Å². The number of aliphatic hydroxyl groups is 1. The summed E-state index contributed by atoms with van der Waals surface area (Å²) < 4.78 is 7.48. The van der Waals surface area contributed by atoms with Crippen molar-refractivity contribution >= 4 is 17.4 Å². The molecular formula is C30H36N8O3. The number of rotatable bonds is 7. The van der Waals surface area contributed by atoms with Crippen molar-refractivity contribution in [2.75, 3.05) is 11.9 Å². The molecule has 4 aromatic rings. The quantitative estimate of drug-likeness (QED) is 0.316. The standard InChI is InChI=1S/C30H36N8O3/c1-30(2,3)28-36-35-27(41-28)26(40)12-18-8-10-38(22-13-23(39)14-22)16-20-11-19(5-6-24(18)20)25-7-9-31-29(34-25)33-21-15-32-37(4)17-21/h5-7,9,11,15,17-18,22-23,39H,8,10,12-14,16H2,1-4H3,(H,31,33,34)/t18-,22?,23?/m0/s1. The molecule has 0 spiro atoms. The summed E-state index contributed by atoms with van der Waals surface area (Å²) in [7, 11) is 1.86. The van der Waals surface area contributed by atoms with Crippen LogP contribution in [0.1, 0.15) is 80.1 Å². The van der Waals surface area contributed by atoms with Gasteiger partial charge in [0.1, 0.15) is 0 Å². The number of carbonyl (C=O) groups is 1. The predicted octanol–water partition coefficient (Wildman–Crippen LogP) is 4.39. The van der Waals surface area contributed by atoms with Gasteiger partial charge >= 0.3 is 0 Å². The Hall–Kier alpha value is -3.96. The zero-order chi connectivity index (χ0) is 28.7. The van der Waals surface area contributed by atoms with Crippen molar-refractivity contribution < 1.29 is 14.3 Å². The Morgan fingerprint density at radius 3 is 2.73 bits per heavy atom. The van der Waals surface area contributed by atoms with Crippen LogP contribution in [0.5, 0.6) is 0 Å². The first-order valence-electron chi connectivity index (χ1n) is 14.1. The molecule has 0 amide bonds. The van der Waals surface area contributed by atoms with E-state index in [9.17, 15) is 9.90 Å². The van der Waals surface area contributed by atoms with E-state index in [-0.39, 0.29) is 29.1 Å². The Balaban J connectivity index is 1.28. The summed E-state index contributed by atoms with van der Waals surface area (Å²) in [5.41, 5.74) is 4.60. The molecule has 6 rings (SSSR count). The van der Waals surface area contributed by atoms with Gasteiger partial charge in [0.05, 0.1) is 23.7 Å². The third-order valence-electron chi connectivity index (χ3n) is 7.97. The number of aliphatic hydroxyl groups excluding tert-OH is 1. The zero-order valence-corrected chi connectivity index (χ0v) is 23.9. The largest absolute Gasteiger partial charge is 0.418 e. The van der Waals surface area contributed by atoms with E-state index < -0.39 is 0 Å². The molecule has 4 heterocycles. The maximum atomic E-state index is 13.3. The van der Waals surface area contributed by atoms with Crippen LogP contribution in [-0.4, -0.2) is 64.4 Å². The lowest BCUT2D eigenvalue weighted by atomic mass is 9.87. The van der Waals surface area contributed by atoms with Gasteiger partial charge in [0.2, 0.25) is 17.6 Å². The minimum atomic E-state index is -0.320. The molecule has 1 aliphatic heterocycles. The van der Waals surface area contributed by atoms with Crippen molar-refractivity contribution in [3.63, 3.8) is 0 Å². The van der Waals surface area contributed by atoms with Crippen molar-refractivity contribution in [3.05, 3.63) is 65.8 Å². The number of hydrogen-bond acceptors (Lipinski definition) is 10. The van der Waals surface area contributed by atoms with E-state index in [4.69, 9.17) is 9.40 Å². The van der Waals surface area contributed by atoms with Gasteiger partial charge in [0.25, 0.3) is 5.89 Å². The van der Waals surface area contributed by atoms with E-state index in [0.717, 1.165) is 54.9 Å². The molecule has 2 aliphatic rings. The number of fused-ring (bicyclic) bond motifs is 1. The lowest BCUT2D eigenvalue weighted by molar-refractivity contribution is -0.00185. The fourth-order valence-electron chi connectivity index (χ4n) is 5.60. The molecule has 0 unspecified atom stereocenters. The number of carbonyl (C=O) groups excluding carboxylic acids is 1. The Labute approximate surface area is 239 Å². The van der Waals surface area contributed by atoms with E-state index in [2.05, 4.69) is 48.7 Å². The van der Waals surface area contributed by atoms with E-state index >= 15 is 0 Å². The number of nitrogens with zero attached hydrogens (tertiary/aromatic N) is 7. The molecule has 1 aromatic carbocycles. The number of ketones is 1. The highest BCUT2D eigenvalue weighted by atomic mass is 16.4. The number of nitrogens with one attached hydrogen (secondary N) is 1. The molecule has 1 saturated carbocycles. The summed E-state index contributed by atoms with van der Waals surface area (Å²) in [5, 5.41) is 25.6. The lowest BCUT2D eigenvalue weighted by Gasteiger charge is -2.40. The second-order valence-electron chi connectivity index (χ2n) is 12.2. The summed E-state index contributed by atoms with van der Waals surface area (Å²) in [5.74, 6) is 0.907. The molecule has 11 nitrogen and oxygen atoms in total. The Morgan fingerprint density at radius 1 is 1.20 bits per heavy atom. The average molecular weight is 557 g/mol. The van der Waals surface area contributed by atoms with Crippen LogP contribution in [0.3, 0.4) is 0 Å². The first-order chi connectivity index (χ1) is 19.6. The van der Waals surface area contributed by atoms with Gasteiger partial charge in [-0.1, -0.05) is 32.9 Å². The predicted molar refractivity (Wildman–Crippen MR) is 153 cm³/mol. The van der Waals surface area contributed by atoms with Crippen LogP contribution in [0.2, 0.25) is 0 Å². The molecule has 1 aliphatic carbocycles. The number of anilines is 2. The summed E-state index contributed by atoms with van der Waals surface area (Å²) in [6.07, 6.45) is 7.80. The molecule has 1 atom stereocenters. The molecule has 41 heavy (non-hydrogen) atoms. The Morgan fingerprint density at radius 2 is 2.02 bits per heavy atom. The summed E-state index contributed by atoms with van der Waals surface area (Å²) in [4.78, 5) is 24.9. The maximum Gasteiger partial charge on any atom is 0.284 e. The van der Waals surface area contributed by atoms with Crippen LogP contribution in [0.4, 0.5) is 11.6 Å². The van der Waals surface area contributed by atoms with Gasteiger partial charge in [-0.15, -0.1) is 10.2 Å². The highest BCUT2D eigenvalue weighted by Crippen LogP contribution is 2.37. The molecule has 11 heteroatoms. The smallest absolute Gasteiger partial charge is 0.284 e. The highest BCUT2D eigenvalue weighted by molar-refractivity contribution is 5.92. The van der Waals surface area contributed by atoms with Crippen LogP contribution >= 0.6 is 0 Å². The number of aryl methyl sites for hydroxylation is 1. The van der Waals surface area contributed by atoms with Crippen molar-refractivity contribution in [2.45, 2.75) is 76.5 Å². The fourth-order valence-corrected chi connectivity index (χ4v) is 5.60. The molecule has 0 bridgehead atoms. The van der Waals surface area contributed by atoms with Crippen molar-refractivity contribution in [1.29, 1.82) is 0 Å². The molecule has 214 valence electrons. The third kappa shape index (κ3) is 5.91. The minimum absolute atomic E-state index is 0.0137. The van der Waals surface area contributed by atoms with Gasteiger partial charge in [-0.3, -0.25) is 14.4 Å². The summed E-state index contributed by atoms with van der Waals surface area (Å²) in [6.45, 7) is 7.55. The van der Waals surface area contributed by atoms with Crippen molar-refractivity contribution in [1.82, 2.24) is 34.8 Å². The second kappa shape index (κ2) is 10.8. The Bertz CT molecular complexity index is 1550. The highest BCUT2D eigenvalue weighted by Gasteiger charge is 2.35. The normalized spacial score (nSPS) is 21.1. The molecule has 0 radical (unpaired) electrons. The van der Waals surface area contributed by atoms with Gasteiger partial charge < -0.3 is 14.8 Å². The van der Waals surface area contributed by atoms with Gasteiger partial charge in [-0.2, -0.15) is 5.10 Å². The van der Waals surface area contributed by atoms with Crippen LogP contribution in [-0.2, 0) is 19.0 Å². The van der Waals surface area contributed by atoms with Gasteiger partial charge in [-0.25, -0.2) is 9.97 Å². The summed E-state index contributed by atoms with van der Waals surface area (Å²) >= 11 is 0. The van der Waals surface area contributed by atoms with Crippen LogP contribution in [0.25, 0.3) is 11.3 Å². The van der Waals surface area contributed by atoms with Crippen LogP contribution in [0.15, 0.2) is 47.3 Å². The Kier molecular flexibility index (Phi) is 7.16. The number of aromatic nitrogens is 6. The zero-order valence-electron chi connectivity index (χ0n) is 23.9. The van der Waals surface area contributed by atoms with E-state index in [1.165, 1.54) is 5.56 Å². The third-order valence-corrected chi connectivity index (χ3v) is 7.97. The molecule has 3 aromatic heterocycles. The van der Waals surface area contributed by atoms with Gasteiger partial charge in [0, 0.05) is 49.4 Å². The fraction of sp³-hybridized carbons (Fsp3) is 0.467. The first-order valence-corrected chi connectivity index (χ1v) is 14.1.